The number of piperidine rings is 1. The first kappa shape index (κ1) is 16.0. The van der Waals surface area contributed by atoms with Gasteiger partial charge in [0.1, 0.15) is 0 Å². The molecule has 1 saturated heterocycles. The maximum absolute atomic E-state index is 12.7. The van der Waals surface area contributed by atoms with Gasteiger partial charge < -0.3 is 9.88 Å². The van der Waals surface area contributed by atoms with Crippen molar-refractivity contribution in [2.24, 2.45) is 5.92 Å². The molecule has 7 heteroatoms. The molecule has 1 aromatic heterocycles. The van der Waals surface area contributed by atoms with Gasteiger partial charge in [-0.05, 0) is 42.3 Å². The molecule has 1 fully saturated rings. The van der Waals surface area contributed by atoms with Crippen LogP contribution in [0.15, 0.2) is 30.5 Å². The fourth-order valence-electron chi connectivity index (χ4n) is 3.05. The monoisotopic (exact) mass is 335 g/mol. The van der Waals surface area contributed by atoms with Crippen LogP contribution in [-0.4, -0.2) is 50.1 Å². The van der Waals surface area contributed by atoms with Crippen LogP contribution in [0.4, 0.5) is 0 Å². The Morgan fingerprint density at radius 1 is 1.39 bits per heavy atom. The van der Waals surface area contributed by atoms with Crippen molar-refractivity contribution in [3.8, 4) is 0 Å². The van der Waals surface area contributed by atoms with Crippen LogP contribution < -0.4 is 4.72 Å². The van der Waals surface area contributed by atoms with Gasteiger partial charge in [-0.25, -0.2) is 13.1 Å². The van der Waals surface area contributed by atoms with Crippen LogP contribution in [0.25, 0.3) is 10.9 Å². The SMILES string of the molecule is CS(=O)(=O)NC[C@@H]1CCCN(C(=O)c2ccc3cc[nH]c3c2)C1. The van der Waals surface area contributed by atoms with E-state index in [1.807, 2.05) is 35.4 Å². The topological polar surface area (TPSA) is 82.3 Å². The Labute approximate surface area is 135 Å². The first-order valence-corrected chi connectivity index (χ1v) is 9.62. The van der Waals surface area contributed by atoms with Crippen molar-refractivity contribution >= 4 is 26.8 Å². The number of aromatic nitrogens is 1. The van der Waals surface area contributed by atoms with Gasteiger partial charge in [0.05, 0.1) is 6.26 Å². The lowest BCUT2D eigenvalue weighted by atomic mass is 9.97. The van der Waals surface area contributed by atoms with E-state index in [4.69, 9.17) is 0 Å². The Kier molecular flexibility index (Phi) is 4.41. The van der Waals surface area contributed by atoms with Gasteiger partial charge in [0.25, 0.3) is 5.91 Å². The van der Waals surface area contributed by atoms with E-state index >= 15 is 0 Å². The Morgan fingerprint density at radius 2 is 2.22 bits per heavy atom. The number of aromatic amines is 1. The fourth-order valence-corrected chi connectivity index (χ4v) is 3.59. The van der Waals surface area contributed by atoms with E-state index in [0.29, 0.717) is 18.7 Å². The Balaban J connectivity index is 1.68. The molecule has 0 radical (unpaired) electrons. The second kappa shape index (κ2) is 6.33. The van der Waals surface area contributed by atoms with Crippen LogP contribution in [-0.2, 0) is 10.0 Å². The first-order chi connectivity index (χ1) is 10.9. The number of nitrogens with one attached hydrogen (secondary N) is 2. The quantitative estimate of drug-likeness (QED) is 0.890. The Bertz CT molecular complexity index is 813. The number of amides is 1. The molecule has 1 atom stereocenters. The highest BCUT2D eigenvalue weighted by Crippen LogP contribution is 2.20. The number of benzene rings is 1. The molecule has 3 rings (SSSR count). The van der Waals surface area contributed by atoms with Gasteiger partial charge in [0, 0.05) is 36.9 Å². The minimum Gasteiger partial charge on any atom is -0.361 e. The molecule has 0 bridgehead atoms. The lowest BCUT2D eigenvalue weighted by Crippen LogP contribution is -2.43. The lowest BCUT2D eigenvalue weighted by Gasteiger charge is -2.32. The molecule has 0 aliphatic carbocycles. The highest BCUT2D eigenvalue weighted by atomic mass is 32.2. The van der Waals surface area contributed by atoms with Crippen LogP contribution in [0, 0.1) is 5.92 Å². The van der Waals surface area contributed by atoms with E-state index in [9.17, 15) is 13.2 Å². The molecule has 1 aliphatic rings. The second-order valence-corrected chi connectivity index (χ2v) is 7.99. The number of nitrogens with zero attached hydrogens (tertiary/aromatic N) is 1. The van der Waals surface area contributed by atoms with E-state index in [2.05, 4.69) is 9.71 Å². The zero-order valence-corrected chi connectivity index (χ0v) is 13.9. The predicted octanol–water partition coefficient (Wildman–Crippen LogP) is 1.57. The highest BCUT2D eigenvalue weighted by molar-refractivity contribution is 7.88. The lowest BCUT2D eigenvalue weighted by molar-refractivity contribution is 0.0676. The first-order valence-electron chi connectivity index (χ1n) is 7.73. The summed E-state index contributed by atoms with van der Waals surface area (Å²) >= 11 is 0. The number of sulfonamides is 1. The Hall–Kier alpha value is -1.86. The highest BCUT2D eigenvalue weighted by Gasteiger charge is 2.25. The zero-order valence-electron chi connectivity index (χ0n) is 13.1. The predicted molar refractivity (Wildman–Crippen MR) is 89.8 cm³/mol. The van der Waals surface area contributed by atoms with Gasteiger partial charge in [-0.3, -0.25) is 4.79 Å². The third kappa shape index (κ3) is 3.92. The van der Waals surface area contributed by atoms with Crippen molar-refractivity contribution < 1.29 is 13.2 Å². The molecule has 2 aromatic rings. The summed E-state index contributed by atoms with van der Waals surface area (Å²) in [6.07, 6.45) is 4.84. The molecule has 0 spiro atoms. The number of carbonyl (C=O) groups is 1. The largest absolute Gasteiger partial charge is 0.361 e. The van der Waals surface area contributed by atoms with E-state index < -0.39 is 10.0 Å². The van der Waals surface area contributed by atoms with Gasteiger partial charge >= 0.3 is 0 Å². The molecular formula is C16H21N3O3S. The fraction of sp³-hybridized carbons (Fsp3) is 0.438. The number of hydrogen-bond acceptors (Lipinski definition) is 3. The molecule has 1 amide bonds. The van der Waals surface area contributed by atoms with Crippen LogP contribution in [0.1, 0.15) is 23.2 Å². The van der Waals surface area contributed by atoms with Crippen molar-refractivity contribution in [1.29, 1.82) is 0 Å². The number of fused-ring (bicyclic) bond motifs is 1. The molecule has 6 nitrogen and oxygen atoms in total. The van der Waals surface area contributed by atoms with Crippen LogP contribution >= 0.6 is 0 Å². The van der Waals surface area contributed by atoms with Crippen molar-refractivity contribution in [2.75, 3.05) is 25.9 Å². The summed E-state index contributed by atoms with van der Waals surface area (Å²) in [5, 5.41) is 1.08. The maximum atomic E-state index is 12.7. The minimum absolute atomic E-state index is 0.00514. The summed E-state index contributed by atoms with van der Waals surface area (Å²) in [6.45, 7) is 1.69. The average Bonchev–Trinajstić information content (AvgIpc) is 2.99. The van der Waals surface area contributed by atoms with Gasteiger partial charge in [0.2, 0.25) is 10.0 Å². The van der Waals surface area contributed by atoms with E-state index in [1.54, 1.807) is 0 Å². The van der Waals surface area contributed by atoms with Crippen molar-refractivity contribution in [3.05, 3.63) is 36.0 Å². The van der Waals surface area contributed by atoms with Gasteiger partial charge in [-0.15, -0.1) is 0 Å². The Morgan fingerprint density at radius 3 is 3.00 bits per heavy atom. The van der Waals surface area contributed by atoms with Crippen LogP contribution in [0.3, 0.4) is 0 Å². The molecule has 0 unspecified atom stereocenters. The standard InChI is InChI=1S/C16H21N3O3S/c1-23(21,22)18-10-12-3-2-8-19(11-12)16(20)14-5-4-13-6-7-17-15(13)9-14/h4-7,9,12,17-18H,2-3,8,10-11H2,1H3/t12-/m0/s1. The number of likely N-dealkylation sites (tertiary alicyclic amines) is 1. The third-order valence-electron chi connectivity index (χ3n) is 4.24. The number of rotatable bonds is 4. The maximum Gasteiger partial charge on any atom is 0.253 e. The molecule has 0 saturated carbocycles. The minimum atomic E-state index is -3.19. The molecule has 23 heavy (non-hydrogen) atoms. The van der Waals surface area contributed by atoms with Gasteiger partial charge in [-0.1, -0.05) is 6.07 Å². The van der Waals surface area contributed by atoms with Crippen molar-refractivity contribution in [1.82, 2.24) is 14.6 Å². The molecule has 2 N–H and O–H groups in total. The van der Waals surface area contributed by atoms with Gasteiger partial charge in [-0.2, -0.15) is 0 Å². The number of hydrogen-bond donors (Lipinski definition) is 2. The molecule has 1 aliphatic heterocycles. The summed E-state index contributed by atoms with van der Waals surface area (Å²) < 4.78 is 25.0. The molecule has 1 aromatic carbocycles. The summed E-state index contributed by atoms with van der Waals surface area (Å²) in [5.74, 6) is 0.169. The molecule has 124 valence electrons. The zero-order chi connectivity index (χ0) is 16.4. The second-order valence-electron chi connectivity index (χ2n) is 6.16. The summed E-state index contributed by atoms with van der Waals surface area (Å²) in [4.78, 5) is 17.6. The van der Waals surface area contributed by atoms with E-state index in [0.717, 1.165) is 36.5 Å². The number of carbonyl (C=O) groups excluding carboxylic acids is 1. The third-order valence-corrected chi connectivity index (χ3v) is 4.93. The molecular weight excluding hydrogens is 314 g/mol. The van der Waals surface area contributed by atoms with Crippen molar-refractivity contribution in [2.45, 2.75) is 12.8 Å². The van der Waals surface area contributed by atoms with Gasteiger partial charge in [0.15, 0.2) is 0 Å². The summed E-state index contributed by atoms with van der Waals surface area (Å²) in [6, 6.07) is 7.62. The van der Waals surface area contributed by atoms with E-state index in [-0.39, 0.29) is 11.8 Å². The normalized spacial score (nSPS) is 19.2. The summed E-state index contributed by atoms with van der Waals surface area (Å²) in [5.41, 5.74) is 1.61. The van der Waals surface area contributed by atoms with Crippen LogP contribution in [0.2, 0.25) is 0 Å². The molecule has 2 heterocycles. The average molecular weight is 335 g/mol. The van der Waals surface area contributed by atoms with Crippen LogP contribution in [0.5, 0.6) is 0 Å². The summed E-state index contributed by atoms with van der Waals surface area (Å²) in [7, 11) is -3.19. The van der Waals surface area contributed by atoms with Crippen molar-refractivity contribution in [3.63, 3.8) is 0 Å². The number of H-pyrrole nitrogens is 1. The van der Waals surface area contributed by atoms with E-state index in [1.165, 1.54) is 0 Å². The smallest absolute Gasteiger partial charge is 0.253 e.